The Labute approximate surface area is 125 Å². The zero-order valence-corrected chi connectivity index (χ0v) is 12.6. The third-order valence-electron chi connectivity index (χ3n) is 2.80. The van der Waals surface area contributed by atoms with Gasteiger partial charge in [-0.25, -0.2) is 4.98 Å². The molecule has 2 aromatic heterocycles. The van der Waals surface area contributed by atoms with Crippen LogP contribution in [0.3, 0.4) is 0 Å². The minimum atomic E-state index is -4.31. The van der Waals surface area contributed by atoms with Crippen LogP contribution in [-0.4, -0.2) is 60.5 Å². The van der Waals surface area contributed by atoms with Gasteiger partial charge in [-0.3, -0.25) is 4.57 Å². The first-order valence-electron chi connectivity index (χ1n) is 6.27. The number of imidazole rings is 1. The van der Waals surface area contributed by atoms with E-state index in [2.05, 4.69) is 20.3 Å². The number of rotatable bonds is 7. The normalized spacial score (nSPS) is 13.5. The lowest BCUT2D eigenvalue weighted by Gasteiger charge is -2.16. The monoisotopic (exact) mass is 332 g/mol. The fourth-order valence-electron chi connectivity index (χ4n) is 1.85. The van der Waals surface area contributed by atoms with Crippen molar-refractivity contribution in [3.8, 4) is 0 Å². The molecule has 0 saturated heterocycles. The van der Waals surface area contributed by atoms with E-state index in [1.807, 2.05) is 0 Å². The van der Waals surface area contributed by atoms with Crippen molar-refractivity contribution >= 4 is 30.5 Å². The second kappa shape index (κ2) is 6.55. The van der Waals surface area contributed by atoms with E-state index in [4.69, 9.17) is 20.3 Å². The first-order valence-corrected chi connectivity index (χ1v) is 8.07. The number of aromatic nitrogens is 4. The van der Waals surface area contributed by atoms with E-state index in [1.54, 1.807) is 11.6 Å². The molecule has 0 aromatic carbocycles. The van der Waals surface area contributed by atoms with Gasteiger partial charge in [-0.1, -0.05) is 0 Å². The molecule has 12 heteroatoms. The summed E-state index contributed by atoms with van der Waals surface area (Å²) in [4.78, 5) is 29.8. The average Bonchev–Trinajstić information content (AvgIpc) is 2.84. The van der Waals surface area contributed by atoms with Gasteiger partial charge in [0.05, 0.1) is 25.6 Å². The summed E-state index contributed by atoms with van der Waals surface area (Å²) in [6.45, 7) is -0.314. The fraction of sp³-hybridized carbons (Fsp3) is 0.500. The van der Waals surface area contributed by atoms with Gasteiger partial charge in [0.1, 0.15) is 6.35 Å². The van der Waals surface area contributed by atoms with Crippen molar-refractivity contribution < 1.29 is 24.2 Å². The van der Waals surface area contributed by atoms with Crippen molar-refractivity contribution in [1.82, 2.24) is 19.5 Å². The second-order valence-corrected chi connectivity index (χ2v) is 6.10. The molecule has 0 saturated carbocycles. The molecular weight excluding hydrogens is 315 g/mol. The van der Waals surface area contributed by atoms with Gasteiger partial charge in [0.25, 0.3) is 0 Å². The Morgan fingerprint density at radius 3 is 2.82 bits per heavy atom. The zero-order chi connectivity index (χ0) is 16.3. The number of anilines is 2. The lowest BCUT2D eigenvalue weighted by molar-refractivity contribution is 0.0202. The van der Waals surface area contributed by atoms with E-state index in [9.17, 15) is 9.67 Å². The van der Waals surface area contributed by atoms with Gasteiger partial charge in [-0.2, -0.15) is 9.97 Å². The number of nitrogens with zero attached hydrogens (tertiary/aromatic N) is 4. The van der Waals surface area contributed by atoms with Gasteiger partial charge in [0.2, 0.25) is 5.95 Å². The number of hydrogen-bond acceptors (Lipinski definition) is 8. The SMILES string of the molecule is CNc1nc(N)nc2c1ncn2C[C@@H](CO)OCP(=O)(O)O. The molecule has 0 unspecified atom stereocenters. The highest BCUT2D eigenvalue weighted by atomic mass is 31.2. The average molecular weight is 332 g/mol. The maximum Gasteiger partial charge on any atom is 0.350 e. The molecule has 122 valence electrons. The Morgan fingerprint density at radius 1 is 1.50 bits per heavy atom. The standard InChI is InChI=1S/C10H17N6O5P/c1-12-8-7-9(15-10(11)14-8)16(4-13-7)2-6(3-17)21-5-22(18,19)20/h4,6,17H,2-3,5H2,1H3,(H2,18,19,20)(H3,11,12,14,15)/t6-/m0/s1. The first-order chi connectivity index (χ1) is 10.3. The molecule has 0 radical (unpaired) electrons. The summed E-state index contributed by atoms with van der Waals surface area (Å²) in [6, 6.07) is 0. The number of fused-ring (bicyclic) bond motifs is 1. The van der Waals surface area contributed by atoms with Gasteiger partial charge < -0.3 is 35.2 Å². The summed E-state index contributed by atoms with van der Waals surface area (Å²) < 4.78 is 17.4. The molecule has 0 aliphatic rings. The van der Waals surface area contributed by atoms with E-state index in [0.29, 0.717) is 17.0 Å². The van der Waals surface area contributed by atoms with E-state index in [-0.39, 0.29) is 12.5 Å². The van der Waals surface area contributed by atoms with E-state index in [0.717, 1.165) is 0 Å². The predicted molar refractivity (Wildman–Crippen MR) is 78.2 cm³/mol. The molecule has 0 aliphatic carbocycles. The van der Waals surface area contributed by atoms with Crippen LogP contribution in [0.5, 0.6) is 0 Å². The molecule has 0 amide bonds. The first kappa shape index (κ1) is 16.6. The van der Waals surface area contributed by atoms with Crippen LogP contribution >= 0.6 is 7.60 Å². The third-order valence-corrected chi connectivity index (χ3v) is 3.29. The summed E-state index contributed by atoms with van der Waals surface area (Å²) in [6.07, 6.45) is -0.133. The van der Waals surface area contributed by atoms with Crippen LogP contribution in [0.1, 0.15) is 0 Å². The van der Waals surface area contributed by atoms with Gasteiger partial charge in [-0.15, -0.1) is 0 Å². The summed E-state index contributed by atoms with van der Waals surface area (Å²) in [5, 5.41) is 12.1. The zero-order valence-electron chi connectivity index (χ0n) is 11.7. The second-order valence-electron chi connectivity index (χ2n) is 4.51. The van der Waals surface area contributed by atoms with Crippen molar-refractivity contribution in [2.45, 2.75) is 12.6 Å². The number of nitrogens with two attached hydrogens (primary N) is 1. The molecule has 1 atom stereocenters. The number of ether oxygens (including phenoxy) is 1. The molecule has 11 nitrogen and oxygen atoms in total. The van der Waals surface area contributed by atoms with Crippen LogP contribution in [0, 0.1) is 0 Å². The van der Waals surface area contributed by atoms with Crippen LogP contribution in [0.15, 0.2) is 6.33 Å². The topological polar surface area (TPSA) is 169 Å². The lowest BCUT2D eigenvalue weighted by atomic mass is 10.3. The fourth-order valence-corrected chi connectivity index (χ4v) is 2.26. The van der Waals surface area contributed by atoms with Crippen molar-refractivity contribution in [3.05, 3.63) is 6.33 Å². The molecular formula is C10H17N6O5P. The Morgan fingerprint density at radius 2 is 2.23 bits per heavy atom. The maximum absolute atomic E-state index is 10.8. The van der Waals surface area contributed by atoms with Crippen molar-refractivity contribution in [1.29, 1.82) is 0 Å². The molecule has 0 aliphatic heterocycles. The molecule has 0 fully saturated rings. The molecule has 22 heavy (non-hydrogen) atoms. The largest absolute Gasteiger partial charge is 0.394 e. The highest BCUT2D eigenvalue weighted by molar-refractivity contribution is 7.51. The van der Waals surface area contributed by atoms with Gasteiger partial charge >= 0.3 is 7.60 Å². The minimum Gasteiger partial charge on any atom is -0.394 e. The highest BCUT2D eigenvalue weighted by Crippen LogP contribution is 2.34. The van der Waals surface area contributed by atoms with Gasteiger partial charge in [0.15, 0.2) is 17.0 Å². The van der Waals surface area contributed by atoms with Crippen LogP contribution in [0.25, 0.3) is 11.2 Å². The number of aliphatic hydroxyl groups is 1. The molecule has 2 heterocycles. The maximum atomic E-state index is 10.8. The van der Waals surface area contributed by atoms with E-state index < -0.39 is 26.7 Å². The Balaban J connectivity index is 2.23. The molecule has 6 N–H and O–H groups in total. The van der Waals surface area contributed by atoms with Gasteiger partial charge in [0, 0.05) is 7.05 Å². The van der Waals surface area contributed by atoms with Crippen molar-refractivity contribution in [3.63, 3.8) is 0 Å². The van der Waals surface area contributed by atoms with Crippen LogP contribution in [0.2, 0.25) is 0 Å². The number of hydrogen-bond donors (Lipinski definition) is 5. The number of aliphatic hydroxyl groups excluding tert-OH is 1. The van der Waals surface area contributed by atoms with Crippen LogP contribution in [-0.2, 0) is 15.8 Å². The molecule has 0 bridgehead atoms. The predicted octanol–water partition coefficient (Wildman–Crippen LogP) is -1.04. The van der Waals surface area contributed by atoms with E-state index >= 15 is 0 Å². The summed E-state index contributed by atoms with van der Waals surface area (Å²) in [5.41, 5.74) is 6.54. The molecule has 0 spiro atoms. The van der Waals surface area contributed by atoms with Crippen LogP contribution < -0.4 is 11.1 Å². The Bertz CT molecular complexity index is 700. The minimum absolute atomic E-state index is 0.0512. The van der Waals surface area contributed by atoms with Crippen molar-refractivity contribution in [2.75, 3.05) is 31.1 Å². The van der Waals surface area contributed by atoms with Crippen molar-refractivity contribution in [2.24, 2.45) is 0 Å². The van der Waals surface area contributed by atoms with Gasteiger partial charge in [-0.05, 0) is 0 Å². The molecule has 2 aromatic rings. The third kappa shape index (κ3) is 3.90. The summed E-state index contributed by atoms with van der Waals surface area (Å²) >= 11 is 0. The quantitative estimate of drug-likeness (QED) is 0.395. The lowest BCUT2D eigenvalue weighted by Crippen LogP contribution is -2.24. The number of nitrogens with one attached hydrogen (secondary N) is 1. The smallest absolute Gasteiger partial charge is 0.350 e. The Kier molecular flexibility index (Phi) is 4.94. The highest BCUT2D eigenvalue weighted by Gasteiger charge is 2.19. The Hall–Kier alpha value is -1.78. The summed E-state index contributed by atoms with van der Waals surface area (Å²) in [7, 11) is -2.64. The van der Waals surface area contributed by atoms with Crippen LogP contribution in [0.4, 0.5) is 11.8 Å². The summed E-state index contributed by atoms with van der Waals surface area (Å²) in [5.74, 6) is 0.508. The number of nitrogen functional groups attached to an aromatic ring is 1. The molecule has 2 rings (SSSR count). The van der Waals surface area contributed by atoms with E-state index in [1.165, 1.54) is 6.33 Å².